The van der Waals surface area contributed by atoms with Gasteiger partial charge in [0, 0.05) is 70.2 Å². The van der Waals surface area contributed by atoms with Gasteiger partial charge in [0.15, 0.2) is 0 Å². The molecule has 2 aliphatic rings. The van der Waals surface area contributed by atoms with Crippen molar-refractivity contribution in [1.29, 1.82) is 0 Å². The molecule has 0 aromatic heterocycles. The number of nitrogens with one attached hydrogen (secondary N) is 1. The van der Waals surface area contributed by atoms with Crippen LogP contribution in [0.4, 0.5) is 11.4 Å². The van der Waals surface area contributed by atoms with Crippen LogP contribution in [0.15, 0.2) is 60.7 Å². The molecule has 2 saturated heterocycles. The summed E-state index contributed by atoms with van der Waals surface area (Å²) in [5, 5.41) is 8.69. The molecule has 0 saturated carbocycles. The van der Waals surface area contributed by atoms with E-state index in [9.17, 15) is 14.4 Å². The Morgan fingerprint density at radius 2 is 1.10 bits per heavy atom. The molecule has 2 N–H and O–H groups in total. The van der Waals surface area contributed by atoms with Crippen LogP contribution in [-0.4, -0.2) is 110 Å². The minimum Gasteiger partial charge on any atom is -0.368 e. The Kier molecular flexibility index (Phi) is 11.2. The number of carbonyl (C=O) groups is 3. The molecule has 10 heteroatoms. The van der Waals surface area contributed by atoms with E-state index in [2.05, 4.69) is 34.1 Å². The normalized spacial score (nSPS) is 15.8. The number of hydroxylamine groups is 1. The monoisotopic (exact) mass is 550 g/mol. The van der Waals surface area contributed by atoms with Gasteiger partial charge in [-0.15, -0.1) is 0 Å². The largest absolute Gasteiger partial charge is 0.368 e. The molecule has 216 valence electrons. The number of hydrogen-bond acceptors (Lipinski definition) is 7. The van der Waals surface area contributed by atoms with Crippen LogP contribution in [0.3, 0.4) is 0 Å². The van der Waals surface area contributed by atoms with Crippen LogP contribution in [0.1, 0.15) is 25.7 Å². The van der Waals surface area contributed by atoms with Crippen molar-refractivity contribution in [2.24, 2.45) is 0 Å². The highest BCUT2D eigenvalue weighted by Gasteiger charge is 2.26. The third-order valence-electron chi connectivity index (χ3n) is 7.73. The second kappa shape index (κ2) is 15.2. The third-order valence-corrected chi connectivity index (χ3v) is 7.73. The standard InChI is InChI=1S/C30H42N6O4/c37-28(31-40)14-8-3-9-15-32(24-29(38)35-20-16-33(17-21-35)26-10-4-1-5-11-26)25-30(39)36-22-18-34(19-23-36)27-12-6-2-7-13-27/h1-2,4-7,10-13,40H,3,8-9,14-25H2,(H,31,37). The highest BCUT2D eigenvalue weighted by molar-refractivity contribution is 5.81. The zero-order chi connectivity index (χ0) is 28.2. The maximum Gasteiger partial charge on any atom is 0.243 e. The Morgan fingerprint density at radius 3 is 1.52 bits per heavy atom. The van der Waals surface area contributed by atoms with E-state index in [0.29, 0.717) is 39.1 Å². The molecule has 0 unspecified atom stereocenters. The van der Waals surface area contributed by atoms with E-state index in [1.165, 1.54) is 11.4 Å². The number of anilines is 2. The van der Waals surface area contributed by atoms with Crippen molar-refractivity contribution in [3.63, 3.8) is 0 Å². The molecule has 4 rings (SSSR count). The van der Waals surface area contributed by atoms with Crippen LogP contribution in [0.5, 0.6) is 0 Å². The first-order valence-corrected chi connectivity index (χ1v) is 14.3. The van der Waals surface area contributed by atoms with Crippen LogP contribution >= 0.6 is 0 Å². The van der Waals surface area contributed by atoms with Gasteiger partial charge in [-0.3, -0.25) is 24.5 Å². The average Bonchev–Trinajstić information content (AvgIpc) is 3.01. The summed E-state index contributed by atoms with van der Waals surface area (Å²) in [6.07, 6.45) is 2.44. The minimum absolute atomic E-state index is 0.0501. The number of carbonyl (C=O) groups excluding carboxylic acids is 3. The number of unbranched alkanes of at least 4 members (excludes halogenated alkanes) is 2. The van der Waals surface area contributed by atoms with E-state index in [4.69, 9.17) is 5.21 Å². The summed E-state index contributed by atoms with van der Waals surface area (Å²) in [5.74, 6) is -0.297. The quantitative estimate of drug-likeness (QED) is 0.237. The predicted molar refractivity (Wildman–Crippen MR) is 155 cm³/mol. The number of benzene rings is 2. The van der Waals surface area contributed by atoms with Gasteiger partial charge < -0.3 is 19.6 Å². The van der Waals surface area contributed by atoms with Gasteiger partial charge in [0.1, 0.15) is 0 Å². The van der Waals surface area contributed by atoms with Crippen molar-refractivity contribution in [2.45, 2.75) is 25.7 Å². The maximum absolute atomic E-state index is 13.3. The molecule has 0 spiro atoms. The topological polar surface area (TPSA) is 99.7 Å². The van der Waals surface area contributed by atoms with E-state index in [1.807, 2.05) is 51.1 Å². The Morgan fingerprint density at radius 1 is 0.650 bits per heavy atom. The highest BCUT2D eigenvalue weighted by Crippen LogP contribution is 2.17. The van der Waals surface area contributed by atoms with Crippen LogP contribution in [0.2, 0.25) is 0 Å². The van der Waals surface area contributed by atoms with Gasteiger partial charge in [0.2, 0.25) is 17.7 Å². The zero-order valence-electron chi connectivity index (χ0n) is 23.3. The molecule has 0 radical (unpaired) electrons. The fourth-order valence-corrected chi connectivity index (χ4v) is 5.36. The molecule has 2 fully saturated rings. The molecule has 2 heterocycles. The van der Waals surface area contributed by atoms with Crippen molar-refractivity contribution in [1.82, 2.24) is 20.2 Å². The maximum atomic E-state index is 13.3. The Hall–Kier alpha value is -3.63. The smallest absolute Gasteiger partial charge is 0.243 e. The fraction of sp³-hybridized carbons (Fsp3) is 0.500. The lowest BCUT2D eigenvalue weighted by Gasteiger charge is -2.38. The van der Waals surface area contributed by atoms with Gasteiger partial charge in [-0.2, -0.15) is 0 Å². The average molecular weight is 551 g/mol. The van der Waals surface area contributed by atoms with Crippen molar-refractivity contribution in [3.05, 3.63) is 60.7 Å². The van der Waals surface area contributed by atoms with Gasteiger partial charge in [0.05, 0.1) is 13.1 Å². The summed E-state index contributed by atoms with van der Waals surface area (Å²) in [6.45, 7) is 6.80. The Labute approximate surface area is 237 Å². The fourth-order valence-electron chi connectivity index (χ4n) is 5.36. The molecule has 0 aliphatic carbocycles. The van der Waals surface area contributed by atoms with Crippen LogP contribution in [0, 0.1) is 0 Å². The summed E-state index contributed by atoms with van der Waals surface area (Å²) >= 11 is 0. The molecule has 2 aromatic rings. The number of piperazine rings is 2. The first-order chi connectivity index (χ1) is 19.5. The van der Waals surface area contributed by atoms with Gasteiger partial charge in [-0.1, -0.05) is 42.8 Å². The summed E-state index contributed by atoms with van der Waals surface area (Å²) in [5.41, 5.74) is 4.00. The van der Waals surface area contributed by atoms with Crippen molar-refractivity contribution in [3.8, 4) is 0 Å². The summed E-state index contributed by atoms with van der Waals surface area (Å²) < 4.78 is 0. The Balaban J connectivity index is 1.28. The first-order valence-electron chi connectivity index (χ1n) is 14.3. The number of para-hydroxylation sites is 2. The molecular weight excluding hydrogens is 508 g/mol. The van der Waals surface area contributed by atoms with Gasteiger partial charge in [-0.05, 0) is 43.7 Å². The molecule has 0 atom stereocenters. The van der Waals surface area contributed by atoms with E-state index in [0.717, 1.165) is 39.0 Å². The van der Waals surface area contributed by atoms with E-state index < -0.39 is 5.91 Å². The predicted octanol–water partition coefficient (Wildman–Crippen LogP) is 2.05. The third kappa shape index (κ3) is 8.69. The molecule has 2 aliphatic heterocycles. The van der Waals surface area contributed by atoms with Crippen LogP contribution in [0.25, 0.3) is 0 Å². The van der Waals surface area contributed by atoms with Gasteiger partial charge >= 0.3 is 0 Å². The lowest BCUT2D eigenvalue weighted by Crippen LogP contribution is -2.54. The Bertz CT molecular complexity index is 997. The number of amides is 3. The minimum atomic E-state index is -0.397. The second-order valence-electron chi connectivity index (χ2n) is 10.5. The van der Waals surface area contributed by atoms with E-state index in [-0.39, 0.29) is 31.3 Å². The van der Waals surface area contributed by atoms with Crippen molar-refractivity contribution < 1.29 is 19.6 Å². The van der Waals surface area contributed by atoms with Gasteiger partial charge in [-0.25, -0.2) is 5.48 Å². The number of nitrogens with zero attached hydrogens (tertiary/aromatic N) is 5. The second-order valence-corrected chi connectivity index (χ2v) is 10.5. The van der Waals surface area contributed by atoms with Crippen molar-refractivity contribution >= 4 is 29.1 Å². The summed E-state index contributed by atoms with van der Waals surface area (Å²) in [4.78, 5) is 48.2. The molecule has 3 amide bonds. The zero-order valence-corrected chi connectivity index (χ0v) is 23.3. The highest BCUT2D eigenvalue weighted by atomic mass is 16.5. The summed E-state index contributed by atoms with van der Waals surface area (Å²) in [7, 11) is 0. The molecule has 0 bridgehead atoms. The molecule has 2 aromatic carbocycles. The first kappa shape index (κ1) is 29.4. The van der Waals surface area contributed by atoms with Crippen molar-refractivity contribution in [2.75, 3.05) is 81.8 Å². The summed E-state index contributed by atoms with van der Waals surface area (Å²) in [6, 6.07) is 20.5. The van der Waals surface area contributed by atoms with Gasteiger partial charge in [0.25, 0.3) is 0 Å². The molecule has 10 nitrogen and oxygen atoms in total. The van der Waals surface area contributed by atoms with E-state index >= 15 is 0 Å². The lowest BCUT2D eigenvalue weighted by atomic mass is 10.1. The molecular formula is C30H42N6O4. The number of rotatable bonds is 12. The SMILES string of the molecule is O=C(CCCCCN(CC(=O)N1CCN(c2ccccc2)CC1)CC(=O)N1CCN(c2ccccc2)CC1)NO. The van der Waals surface area contributed by atoms with E-state index in [1.54, 1.807) is 5.48 Å². The number of hydrogen-bond donors (Lipinski definition) is 2. The molecule has 40 heavy (non-hydrogen) atoms. The lowest BCUT2D eigenvalue weighted by molar-refractivity contribution is -0.136. The van der Waals surface area contributed by atoms with Crippen LogP contribution in [-0.2, 0) is 14.4 Å². The van der Waals surface area contributed by atoms with Crippen LogP contribution < -0.4 is 15.3 Å².